The third kappa shape index (κ3) is 3.26. The lowest BCUT2D eigenvalue weighted by molar-refractivity contribution is -0.384. The normalized spacial score (nSPS) is 16.8. The van der Waals surface area contributed by atoms with Crippen molar-refractivity contribution in [1.29, 1.82) is 0 Å². The number of nitro groups is 1. The number of nitrogens with zero attached hydrogens (tertiary/aromatic N) is 3. The quantitative estimate of drug-likeness (QED) is 0.279. The molecule has 0 saturated carbocycles. The van der Waals surface area contributed by atoms with Crippen LogP contribution in [0.2, 0.25) is 0 Å². The average Bonchev–Trinajstić information content (AvgIpc) is 2.98. The Balaban J connectivity index is 1.60. The number of rotatable bonds is 4. The van der Waals surface area contributed by atoms with Crippen LogP contribution < -0.4 is 0 Å². The standard InChI is InChI=1S/C18H17N3O2S2/c1-11-2-7-14-15(8-11)25-18-16(14)17(19-10-20-18)24-9-12-3-5-13(6-4-12)21(22)23/h3-6,10-11H,2,7-9H2,1H3/t11-/m1/s1. The number of hydrogen-bond acceptors (Lipinski definition) is 6. The van der Waals surface area contributed by atoms with Crippen molar-refractivity contribution in [2.24, 2.45) is 5.92 Å². The van der Waals surface area contributed by atoms with Gasteiger partial charge in [-0.25, -0.2) is 9.97 Å². The van der Waals surface area contributed by atoms with Crippen LogP contribution in [0.5, 0.6) is 0 Å². The highest BCUT2D eigenvalue weighted by molar-refractivity contribution is 7.98. The highest BCUT2D eigenvalue weighted by Crippen LogP contribution is 2.41. The molecule has 2 heterocycles. The Bertz CT molecular complexity index is 937. The summed E-state index contributed by atoms with van der Waals surface area (Å²) in [5.41, 5.74) is 2.61. The van der Waals surface area contributed by atoms with Crippen molar-refractivity contribution in [1.82, 2.24) is 9.97 Å². The lowest BCUT2D eigenvalue weighted by atomic mass is 9.89. The first-order chi connectivity index (χ1) is 12.1. The summed E-state index contributed by atoms with van der Waals surface area (Å²) in [6, 6.07) is 6.74. The van der Waals surface area contributed by atoms with Crippen LogP contribution in [0, 0.1) is 16.0 Å². The molecule has 4 rings (SSSR count). The first kappa shape index (κ1) is 16.5. The highest BCUT2D eigenvalue weighted by atomic mass is 32.2. The molecule has 1 aliphatic carbocycles. The number of aromatic nitrogens is 2. The fourth-order valence-corrected chi connectivity index (χ4v) is 5.62. The van der Waals surface area contributed by atoms with Gasteiger partial charge in [0.2, 0.25) is 0 Å². The summed E-state index contributed by atoms with van der Waals surface area (Å²) in [6.07, 6.45) is 5.11. The average molecular weight is 371 g/mol. The van der Waals surface area contributed by atoms with E-state index in [2.05, 4.69) is 16.9 Å². The van der Waals surface area contributed by atoms with E-state index in [4.69, 9.17) is 0 Å². The number of thioether (sulfide) groups is 1. The van der Waals surface area contributed by atoms with E-state index in [0.717, 1.165) is 39.9 Å². The van der Waals surface area contributed by atoms with E-state index in [1.807, 2.05) is 12.1 Å². The third-order valence-corrected chi connectivity index (χ3v) is 6.80. The summed E-state index contributed by atoms with van der Waals surface area (Å²) in [7, 11) is 0. The summed E-state index contributed by atoms with van der Waals surface area (Å²) in [5.74, 6) is 1.48. The molecule has 0 radical (unpaired) electrons. The number of thiophene rings is 1. The van der Waals surface area contributed by atoms with Gasteiger partial charge in [-0.2, -0.15) is 0 Å². The molecule has 3 aromatic rings. The van der Waals surface area contributed by atoms with E-state index in [9.17, 15) is 10.1 Å². The third-order valence-electron chi connectivity index (χ3n) is 4.58. The fourth-order valence-electron chi connectivity index (χ4n) is 3.22. The number of non-ortho nitro benzene ring substituents is 1. The number of aryl methyl sites for hydroxylation is 1. The van der Waals surface area contributed by atoms with Gasteiger partial charge in [-0.05, 0) is 36.3 Å². The molecule has 0 amide bonds. The molecular weight excluding hydrogens is 354 g/mol. The molecule has 1 atom stereocenters. The maximum absolute atomic E-state index is 10.8. The zero-order valence-electron chi connectivity index (χ0n) is 13.8. The Morgan fingerprint density at radius 2 is 2.12 bits per heavy atom. The molecule has 0 saturated heterocycles. The monoisotopic (exact) mass is 371 g/mol. The first-order valence-electron chi connectivity index (χ1n) is 8.23. The first-order valence-corrected chi connectivity index (χ1v) is 10.0. The lowest BCUT2D eigenvalue weighted by Crippen LogP contribution is -2.08. The summed E-state index contributed by atoms with van der Waals surface area (Å²) >= 11 is 3.49. The van der Waals surface area contributed by atoms with Crippen LogP contribution in [0.1, 0.15) is 29.3 Å². The van der Waals surface area contributed by atoms with Gasteiger partial charge in [0.15, 0.2) is 0 Å². The Labute approximate surface area is 153 Å². The zero-order valence-corrected chi connectivity index (χ0v) is 15.4. The van der Waals surface area contributed by atoms with Gasteiger partial charge in [0.1, 0.15) is 16.2 Å². The molecule has 0 spiro atoms. The van der Waals surface area contributed by atoms with Gasteiger partial charge in [-0.15, -0.1) is 23.1 Å². The van der Waals surface area contributed by atoms with Gasteiger partial charge in [-0.1, -0.05) is 19.1 Å². The van der Waals surface area contributed by atoms with E-state index >= 15 is 0 Å². The van der Waals surface area contributed by atoms with E-state index in [-0.39, 0.29) is 10.6 Å². The minimum atomic E-state index is -0.372. The Hall–Kier alpha value is -1.99. The minimum absolute atomic E-state index is 0.124. The molecule has 0 N–H and O–H groups in total. The van der Waals surface area contributed by atoms with Gasteiger partial charge in [-0.3, -0.25) is 10.1 Å². The van der Waals surface area contributed by atoms with Crippen molar-refractivity contribution in [2.75, 3.05) is 0 Å². The van der Waals surface area contributed by atoms with E-state index < -0.39 is 0 Å². The van der Waals surface area contributed by atoms with Crippen LogP contribution in [0.25, 0.3) is 10.2 Å². The smallest absolute Gasteiger partial charge is 0.258 e. The summed E-state index contributed by atoms with van der Waals surface area (Å²) in [6.45, 7) is 2.31. The van der Waals surface area contributed by atoms with Gasteiger partial charge in [0.25, 0.3) is 5.69 Å². The van der Waals surface area contributed by atoms with Crippen LogP contribution in [0.3, 0.4) is 0 Å². The van der Waals surface area contributed by atoms with E-state index in [1.165, 1.54) is 22.2 Å². The molecule has 128 valence electrons. The lowest BCUT2D eigenvalue weighted by Gasteiger charge is -2.18. The molecule has 0 bridgehead atoms. The SMILES string of the molecule is C[C@@H]1CCc2c(sc3ncnc(SCc4ccc([N+](=O)[O-])cc4)c23)C1. The van der Waals surface area contributed by atoms with Crippen molar-refractivity contribution in [2.45, 2.75) is 37.0 Å². The summed E-state index contributed by atoms with van der Waals surface area (Å²) in [5, 5.41) is 13.0. The molecule has 0 aliphatic heterocycles. The fraction of sp³-hybridized carbons (Fsp3) is 0.333. The molecule has 1 aromatic carbocycles. The van der Waals surface area contributed by atoms with Crippen LogP contribution in [0.4, 0.5) is 5.69 Å². The van der Waals surface area contributed by atoms with Crippen molar-refractivity contribution < 1.29 is 4.92 Å². The van der Waals surface area contributed by atoms with Gasteiger partial charge in [0.05, 0.1) is 4.92 Å². The number of benzene rings is 1. The number of nitro benzene ring substituents is 1. The van der Waals surface area contributed by atoms with Crippen molar-refractivity contribution in [3.05, 3.63) is 56.7 Å². The zero-order chi connectivity index (χ0) is 17.4. The van der Waals surface area contributed by atoms with E-state index in [0.29, 0.717) is 0 Å². The largest absolute Gasteiger partial charge is 0.269 e. The van der Waals surface area contributed by atoms with Crippen LogP contribution >= 0.6 is 23.1 Å². The topological polar surface area (TPSA) is 68.9 Å². The highest BCUT2D eigenvalue weighted by Gasteiger charge is 2.23. The van der Waals surface area contributed by atoms with Gasteiger partial charge < -0.3 is 0 Å². The van der Waals surface area contributed by atoms with Crippen molar-refractivity contribution in [3.63, 3.8) is 0 Å². The van der Waals surface area contributed by atoms with Crippen LogP contribution in [0.15, 0.2) is 35.6 Å². The van der Waals surface area contributed by atoms with Gasteiger partial charge in [0, 0.05) is 28.1 Å². The molecule has 2 aromatic heterocycles. The van der Waals surface area contributed by atoms with E-state index in [1.54, 1.807) is 41.6 Å². The minimum Gasteiger partial charge on any atom is -0.258 e. The maximum atomic E-state index is 10.8. The molecule has 0 fully saturated rings. The predicted molar refractivity (Wildman–Crippen MR) is 101 cm³/mol. The summed E-state index contributed by atoms with van der Waals surface area (Å²) in [4.78, 5) is 21.9. The van der Waals surface area contributed by atoms with Crippen molar-refractivity contribution in [3.8, 4) is 0 Å². The molecule has 25 heavy (non-hydrogen) atoms. The molecule has 1 aliphatic rings. The van der Waals surface area contributed by atoms with Crippen molar-refractivity contribution >= 4 is 39.0 Å². The number of hydrogen-bond donors (Lipinski definition) is 0. The number of fused-ring (bicyclic) bond motifs is 3. The Morgan fingerprint density at radius 1 is 1.32 bits per heavy atom. The molecule has 7 heteroatoms. The molecule has 5 nitrogen and oxygen atoms in total. The maximum Gasteiger partial charge on any atom is 0.269 e. The van der Waals surface area contributed by atoms with Crippen LogP contribution in [-0.4, -0.2) is 14.9 Å². The Morgan fingerprint density at radius 3 is 2.88 bits per heavy atom. The second-order valence-electron chi connectivity index (χ2n) is 6.42. The second-order valence-corrected chi connectivity index (χ2v) is 8.47. The second kappa shape index (κ2) is 6.72. The molecular formula is C18H17N3O2S2. The van der Waals surface area contributed by atoms with Gasteiger partial charge >= 0.3 is 0 Å². The summed E-state index contributed by atoms with van der Waals surface area (Å²) < 4.78 is 0. The molecule has 0 unspecified atom stereocenters. The van der Waals surface area contributed by atoms with Crippen LogP contribution in [-0.2, 0) is 18.6 Å². The predicted octanol–water partition coefficient (Wildman–Crippen LogP) is 5.02. The Kier molecular flexibility index (Phi) is 4.43.